The van der Waals surface area contributed by atoms with Gasteiger partial charge in [-0.25, -0.2) is 14.8 Å². The highest BCUT2D eigenvalue weighted by molar-refractivity contribution is 6.00. The standard InChI is InChI=1S/C9H9N3O4/c13-5-3-6(14)12(4-5)8-7(9(15)16)10-1-2-11-8/h1-2,5,13H,3-4H2,(H,15,16). The highest BCUT2D eigenvalue weighted by Gasteiger charge is 2.32. The van der Waals surface area contributed by atoms with E-state index >= 15 is 0 Å². The molecule has 7 heteroatoms. The maximum absolute atomic E-state index is 11.5. The van der Waals surface area contributed by atoms with Crippen LogP contribution in [-0.2, 0) is 4.79 Å². The van der Waals surface area contributed by atoms with Gasteiger partial charge in [-0.05, 0) is 0 Å². The second-order valence-electron chi connectivity index (χ2n) is 3.40. The van der Waals surface area contributed by atoms with Gasteiger partial charge in [-0.2, -0.15) is 0 Å². The number of anilines is 1. The van der Waals surface area contributed by atoms with Gasteiger partial charge in [0.2, 0.25) is 5.91 Å². The maximum atomic E-state index is 11.5. The summed E-state index contributed by atoms with van der Waals surface area (Å²) in [6.07, 6.45) is 1.75. The molecule has 2 heterocycles. The molecule has 0 spiro atoms. The number of carboxylic acid groups (broad SMARTS) is 1. The quantitative estimate of drug-likeness (QED) is 0.685. The fourth-order valence-corrected chi connectivity index (χ4v) is 1.57. The highest BCUT2D eigenvalue weighted by atomic mass is 16.4. The number of hydrogen-bond donors (Lipinski definition) is 2. The number of aliphatic hydroxyl groups excluding tert-OH is 1. The van der Waals surface area contributed by atoms with Crippen LogP contribution in [0.4, 0.5) is 5.82 Å². The number of aromatic carboxylic acids is 1. The van der Waals surface area contributed by atoms with Gasteiger partial charge in [-0.15, -0.1) is 0 Å². The Hall–Kier alpha value is -2.02. The third kappa shape index (κ3) is 1.72. The zero-order valence-electron chi connectivity index (χ0n) is 8.20. The molecule has 1 atom stereocenters. The summed E-state index contributed by atoms with van der Waals surface area (Å²) < 4.78 is 0. The predicted molar refractivity (Wildman–Crippen MR) is 52.0 cm³/mol. The summed E-state index contributed by atoms with van der Waals surface area (Å²) in [5, 5.41) is 18.2. The molecule has 0 aliphatic carbocycles. The maximum Gasteiger partial charge on any atom is 0.358 e. The first-order valence-electron chi connectivity index (χ1n) is 4.62. The highest BCUT2D eigenvalue weighted by Crippen LogP contribution is 2.21. The van der Waals surface area contributed by atoms with Gasteiger partial charge in [-0.3, -0.25) is 9.69 Å². The predicted octanol–water partition coefficient (Wildman–Crippen LogP) is -0.728. The second kappa shape index (κ2) is 3.86. The van der Waals surface area contributed by atoms with Crippen LogP contribution in [0.2, 0.25) is 0 Å². The summed E-state index contributed by atoms with van der Waals surface area (Å²) in [7, 11) is 0. The van der Waals surface area contributed by atoms with E-state index in [0.29, 0.717) is 0 Å². The molecular formula is C9H9N3O4. The van der Waals surface area contributed by atoms with E-state index in [-0.39, 0.29) is 30.4 Å². The third-order valence-electron chi connectivity index (χ3n) is 2.24. The first kappa shape index (κ1) is 10.5. The molecule has 1 aliphatic heterocycles. The Balaban J connectivity index is 2.40. The fraction of sp³-hybridized carbons (Fsp3) is 0.333. The van der Waals surface area contributed by atoms with Crippen molar-refractivity contribution in [3.8, 4) is 0 Å². The molecule has 0 aromatic carbocycles. The summed E-state index contributed by atoms with van der Waals surface area (Å²) in [4.78, 5) is 30.9. The van der Waals surface area contributed by atoms with E-state index in [4.69, 9.17) is 5.11 Å². The van der Waals surface area contributed by atoms with Crippen molar-refractivity contribution in [3.63, 3.8) is 0 Å². The number of rotatable bonds is 2. The van der Waals surface area contributed by atoms with Gasteiger partial charge < -0.3 is 10.2 Å². The topological polar surface area (TPSA) is 104 Å². The van der Waals surface area contributed by atoms with E-state index in [2.05, 4.69) is 9.97 Å². The Bertz CT molecular complexity index is 448. The van der Waals surface area contributed by atoms with Crippen LogP contribution in [-0.4, -0.2) is 44.7 Å². The van der Waals surface area contributed by atoms with Crippen LogP contribution in [0.5, 0.6) is 0 Å². The molecule has 0 radical (unpaired) electrons. The van der Waals surface area contributed by atoms with Gasteiger partial charge >= 0.3 is 5.97 Å². The van der Waals surface area contributed by atoms with Crippen LogP contribution in [0.3, 0.4) is 0 Å². The lowest BCUT2D eigenvalue weighted by Crippen LogP contribution is -2.28. The van der Waals surface area contributed by atoms with Gasteiger partial charge in [0.25, 0.3) is 0 Å². The molecule has 1 fully saturated rings. The van der Waals surface area contributed by atoms with Crippen molar-refractivity contribution in [2.24, 2.45) is 0 Å². The van der Waals surface area contributed by atoms with Crippen LogP contribution in [0.15, 0.2) is 12.4 Å². The van der Waals surface area contributed by atoms with Gasteiger partial charge in [0.15, 0.2) is 11.5 Å². The summed E-state index contributed by atoms with van der Waals surface area (Å²) in [6.45, 7) is 0.0534. The van der Waals surface area contributed by atoms with Gasteiger partial charge in [0.05, 0.1) is 19.1 Å². The number of carboxylic acids is 1. The van der Waals surface area contributed by atoms with Crippen molar-refractivity contribution >= 4 is 17.7 Å². The number of hydrogen-bond acceptors (Lipinski definition) is 5. The Morgan fingerprint density at radius 3 is 2.69 bits per heavy atom. The van der Waals surface area contributed by atoms with Gasteiger partial charge in [0, 0.05) is 12.4 Å². The van der Waals surface area contributed by atoms with E-state index in [1.165, 1.54) is 12.4 Å². The molecular weight excluding hydrogens is 214 g/mol. The Labute approximate surface area is 90.4 Å². The molecule has 1 amide bonds. The van der Waals surface area contributed by atoms with Crippen molar-refractivity contribution in [3.05, 3.63) is 18.1 Å². The lowest BCUT2D eigenvalue weighted by molar-refractivity contribution is -0.117. The van der Waals surface area contributed by atoms with E-state index < -0.39 is 12.1 Å². The number of carbonyl (C=O) groups excluding carboxylic acids is 1. The molecule has 1 aromatic rings. The molecule has 2 N–H and O–H groups in total. The Morgan fingerprint density at radius 2 is 2.12 bits per heavy atom. The number of nitrogens with zero attached hydrogens (tertiary/aromatic N) is 3. The SMILES string of the molecule is O=C(O)c1nccnc1N1CC(O)CC1=O. The second-order valence-corrected chi connectivity index (χ2v) is 3.40. The normalized spacial score (nSPS) is 20.2. The number of amides is 1. The van der Waals surface area contributed by atoms with E-state index in [0.717, 1.165) is 4.90 Å². The lowest BCUT2D eigenvalue weighted by Gasteiger charge is -2.15. The monoisotopic (exact) mass is 223 g/mol. The van der Waals surface area contributed by atoms with Crippen molar-refractivity contribution in [1.82, 2.24) is 9.97 Å². The minimum atomic E-state index is -1.25. The van der Waals surface area contributed by atoms with Crippen molar-refractivity contribution < 1.29 is 19.8 Å². The summed E-state index contributed by atoms with van der Waals surface area (Å²) in [6, 6.07) is 0. The zero-order valence-corrected chi connectivity index (χ0v) is 8.20. The summed E-state index contributed by atoms with van der Waals surface area (Å²) in [5.41, 5.74) is -0.287. The number of aliphatic hydroxyl groups is 1. The molecule has 1 aromatic heterocycles. The minimum absolute atomic E-state index is 0.0171. The lowest BCUT2D eigenvalue weighted by atomic mass is 10.3. The Morgan fingerprint density at radius 1 is 1.44 bits per heavy atom. The first-order valence-corrected chi connectivity index (χ1v) is 4.62. The molecule has 1 saturated heterocycles. The van der Waals surface area contributed by atoms with Crippen molar-refractivity contribution in [2.75, 3.05) is 11.4 Å². The molecule has 0 bridgehead atoms. The minimum Gasteiger partial charge on any atom is -0.476 e. The number of β-amino-alcohol motifs (C(OH)–C–C–N with tert-alkyl or cyclic N) is 1. The van der Waals surface area contributed by atoms with Crippen LogP contribution in [0.1, 0.15) is 16.9 Å². The van der Waals surface area contributed by atoms with E-state index in [9.17, 15) is 14.7 Å². The average molecular weight is 223 g/mol. The molecule has 7 nitrogen and oxygen atoms in total. The van der Waals surface area contributed by atoms with Gasteiger partial charge in [0.1, 0.15) is 0 Å². The van der Waals surface area contributed by atoms with E-state index in [1.807, 2.05) is 0 Å². The molecule has 84 valence electrons. The van der Waals surface area contributed by atoms with Crippen LogP contribution in [0.25, 0.3) is 0 Å². The molecule has 1 aliphatic rings. The first-order chi connectivity index (χ1) is 7.59. The third-order valence-corrected chi connectivity index (χ3v) is 2.24. The Kier molecular flexibility index (Phi) is 2.53. The van der Waals surface area contributed by atoms with Crippen LogP contribution < -0.4 is 4.90 Å². The molecule has 16 heavy (non-hydrogen) atoms. The summed E-state index contributed by atoms with van der Waals surface area (Å²) >= 11 is 0. The molecule has 1 unspecified atom stereocenters. The fourth-order valence-electron chi connectivity index (χ4n) is 1.57. The average Bonchev–Trinajstić information content (AvgIpc) is 2.57. The van der Waals surface area contributed by atoms with Crippen molar-refractivity contribution in [1.29, 1.82) is 0 Å². The largest absolute Gasteiger partial charge is 0.476 e. The van der Waals surface area contributed by atoms with Crippen LogP contribution in [0, 0.1) is 0 Å². The molecule has 0 saturated carbocycles. The number of aromatic nitrogens is 2. The van der Waals surface area contributed by atoms with Crippen LogP contribution >= 0.6 is 0 Å². The van der Waals surface area contributed by atoms with Gasteiger partial charge in [-0.1, -0.05) is 0 Å². The smallest absolute Gasteiger partial charge is 0.358 e. The van der Waals surface area contributed by atoms with Crippen molar-refractivity contribution in [2.45, 2.75) is 12.5 Å². The summed E-state index contributed by atoms with van der Waals surface area (Å²) in [5.74, 6) is -1.62. The van der Waals surface area contributed by atoms with E-state index in [1.54, 1.807) is 0 Å². The number of carbonyl (C=O) groups is 2. The zero-order chi connectivity index (χ0) is 11.7. The molecule has 2 rings (SSSR count).